The predicted molar refractivity (Wildman–Crippen MR) is 102 cm³/mol. The Hall–Kier alpha value is -2.14. The molecule has 0 saturated heterocycles. The highest BCUT2D eigenvalue weighted by atomic mass is 15.1. The Balaban J connectivity index is 2.23. The molecule has 1 heterocycles. The third-order valence-corrected chi connectivity index (χ3v) is 3.88. The quantitative estimate of drug-likeness (QED) is 0.807. The molecule has 5 heteroatoms. The molecule has 0 spiro atoms. The summed E-state index contributed by atoms with van der Waals surface area (Å²) >= 11 is 0. The van der Waals surface area contributed by atoms with Crippen molar-refractivity contribution in [2.24, 2.45) is 0 Å². The molecule has 2 rings (SSSR count). The molecular weight excluding hydrogens is 298 g/mol. The van der Waals surface area contributed by atoms with E-state index in [1.807, 2.05) is 13.0 Å². The fourth-order valence-corrected chi connectivity index (χ4v) is 2.60. The number of benzene rings is 1. The van der Waals surface area contributed by atoms with Gasteiger partial charge >= 0.3 is 0 Å². The molecule has 1 aromatic heterocycles. The monoisotopic (exact) mass is 327 g/mol. The van der Waals surface area contributed by atoms with E-state index in [0.717, 1.165) is 36.2 Å². The van der Waals surface area contributed by atoms with Gasteiger partial charge in [0.15, 0.2) is 0 Å². The maximum absolute atomic E-state index is 4.54. The molecule has 0 atom stereocenters. The van der Waals surface area contributed by atoms with Crippen molar-refractivity contribution in [2.45, 2.75) is 33.6 Å². The molecule has 5 nitrogen and oxygen atoms in total. The number of rotatable bonds is 7. The first-order chi connectivity index (χ1) is 11.4. The highest BCUT2D eigenvalue weighted by molar-refractivity contribution is 5.66. The van der Waals surface area contributed by atoms with Crippen LogP contribution in [0.2, 0.25) is 0 Å². The van der Waals surface area contributed by atoms with Gasteiger partial charge in [-0.05, 0) is 45.0 Å². The molecule has 0 aliphatic carbocycles. The lowest BCUT2D eigenvalue weighted by Crippen LogP contribution is -2.21. The van der Waals surface area contributed by atoms with Crippen molar-refractivity contribution in [1.82, 2.24) is 14.9 Å². The summed E-state index contributed by atoms with van der Waals surface area (Å²) in [5.74, 6) is 2.89. The molecule has 2 aromatic rings. The Labute approximate surface area is 145 Å². The van der Waals surface area contributed by atoms with E-state index >= 15 is 0 Å². The summed E-state index contributed by atoms with van der Waals surface area (Å²) in [5.41, 5.74) is 3.66. The number of para-hydroxylation sites is 1. The molecule has 0 aliphatic heterocycles. The van der Waals surface area contributed by atoms with Crippen LogP contribution in [-0.2, 0) is 0 Å². The van der Waals surface area contributed by atoms with Crippen molar-refractivity contribution >= 4 is 17.3 Å². The van der Waals surface area contributed by atoms with E-state index in [4.69, 9.17) is 0 Å². The lowest BCUT2D eigenvalue weighted by atomic mass is 9.98. The van der Waals surface area contributed by atoms with Crippen molar-refractivity contribution < 1.29 is 0 Å². The van der Waals surface area contributed by atoms with Gasteiger partial charge in [-0.1, -0.05) is 32.0 Å². The van der Waals surface area contributed by atoms with Gasteiger partial charge < -0.3 is 15.5 Å². The zero-order chi connectivity index (χ0) is 17.7. The van der Waals surface area contributed by atoms with Crippen LogP contribution in [0.5, 0.6) is 0 Å². The maximum Gasteiger partial charge on any atom is 0.136 e. The number of hydrogen-bond acceptors (Lipinski definition) is 5. The van der Waals surface area contributed by atoms with E-state index in [-0.39, 0.29) is 0 Å². The molecule has 0 unspecified atom stereocenters. The van der Waals surface area contributed by atoms with Gasteiger partial charge in [0.2, 0.25) is 0 Å². The van der Waals surface area contributed by atoms with Gasteiger partial charge in [0, 0.05) is 24.8 Å². The fourth-order valence-electron chi connectivity index (χ4n) is 2.60. The standard InChI is InChI=1S/C19H29N5/c1-13(2)16-9-7-8-14(3)19(16)23-18-12-17(21-15(4)22-18)20-10-11-24(5)6/h7-9,12-13H,10-11H2,1-6H3,(H2,20,21,22,23). The smallest absolute Gasteiger partial charge is 0.136 e. The molecule has 0 amide bonds. The molecule has 0 saturated carbocycles. The number of aryl methyl sites for hydroxylation is 2. The van der Waals surface area contributed by atoms with E-state index in [9.17, 15) is 0 Å². The largest absolute Gasteiger partial charge is 0.369 e. The van der Waals surface area contributed by atoms with Crippen molar-refractivity contribution in [3.63, 3.8) is 0 Å². The highest BCUT2D eigenvalue weighted by Gasteiger charge is 2.11. The molecule has 24 heavy (non-hydrogen) atoms. The van der Waals surface area contributed by atoms with E-state index < -0.39 is 0 Å². The summed E-state index contributed by atoms with van der Waals surface area (Å²) in [5, 5.41) is 6.86. The Bertz CT molecular complexity index is 679. The first-order valence-electron chi connectivity index (χ1n) is 8.47. The van der Waals surface area contributed by atoms with Crippen molar-refractivity contribution in [3.05, 3.63) is 41.2 Å². The molecular formula is C19H29N5. The van der Waals surface area contributed by atoms with Crippen LogP contribution in [0, 0.1) is 13.8 Å². The second-order valence-electron chi connectivity index (χ2n) is 6.73. The summed E-state index contributed by atoms with van der Waals surface area (Å²) in [6, 6.07) is 8.37. The minimum absolute atomic E-state index is 0.452. The van der Waals surface area contributed by atoms with Gasteiger partial charge in [0.25, 0.3) is 0 Å². The summed E-state index contributed by atoms with van der Waals surface area (Å²) in [6.45, 7) is 10.3. The first-order valence-corrected chi connectivity index (χ1v) is 8.47. The van der Waals surface area contributed by atoms with E-state index in [1.54, 1.807) is 0 Å². The Morgan fingerprint density at radius 1 is 1.08 bits per heavy atom. The topological polar surface area (TPSA) is 53.1 Å². The molecule has 0 fully saturated rings. The minimum Gasteiger partial charge on any atom is -0.369 e. The number of likely N-dealkylation sites (N-methyl/N-ethyl adjacent to an activating group) is 1. The average molecular weight is 327 g/mol. The predicted octanol–water partition coefficient (Wildman–Crippen LogP) is 3.93. The summed E-state index contributed by atoms with van der Waals surface area (Å²) in [6.07, 6.45) is 0. The third-order valence-electron chi connectivity index (χ3n) is 3.88. The molecule has 0 radical (unpaired) electrons. The van der Waals surface area contributed by atoms with Gasteiger partial charge in [-0.15, -0.1) is 0 Å². The Morgan fingerprint density at radius 2 is 1.79 bits per heavy atom. The Morgan fingerprint density at radius 3 is 2.46 bits per heavy atom. The van der Waals surface area contributed by atoms with Crippen molar-refractivity contribution in [2.75, 3.05) is 37.8 Å². The first kappa shape index (κ1) is 18.2. The zero-order valence-corrected chi connectivity index (χ0v) is 15.6. The number of aromatic nitrogens is 2. The van der Waals surface area contributed by atoms with Gasteiger partial charge in [0.05, 0.1) is 0 Å². The van der Waals surface area contributed by atoms with Crippen LogP contribution in [0.15, 0.2) is 24.3 Å². The molecule has 0 aliphatic rings. The normalized spacial score (nSPS) is 11.2. The number of nitrogens with one attached hydrogen (secondary N) is 2. The number of nitrogens with zero attached hydrogens (tertiary/aromatic N) is 3. The van der Waals surface area contributed by atoms with Crippen molar-refractivity contribution in [1.29, 1.82) is 0 Å². The lowest BCUT2D eigenvalue weighted by Gasteiger charge is -2.18. The van der Waals surface area contributed by atoms with E-state index in [2.05, 4.69) is 78.6 Å². The van der Waals surface area contributed by atoms with E-state index in [0.29, 0.717) is 5.92 Å². The van der Waals surface area contributed by atoms with Crippen LogP contribution in [0.4, 0.5) is 17.3 Å². The van der Waals surface area contributed by atoms with Crippen LogP contribution in [-0.4, -0.2) is 42.1 Å². The summed E-state index contributed by atoms with van der Waals surface area (Å²) < 4.78 is 0. The minimum atomic E-state index is 0.452. The van der Waals surface area contributed by atoms with Gasteiger partial charge in [-0.3, -0.25) is 0 Å². The second-order valence-corrected chi connectivity index (χ2v) is 6.73. The third kappa shape index (κ3) is 4.93. The average Bonchev–Trinajstić information content (AvgIpc) is 2.48. The van der Waals surface area contributed by atoms with Crippen LogP contribution in [0.1, 0.15) is 36.7 Å². The fraction of sp³-hybridized carbons (Fsp3) is 0.474. The maximum atomic E-state index is 4.54. The van der Waals surface area contributed by atoms with Crippen LogP contribution in [0.25, 0.3) is 0 Å². The number of hydrogen-bond donors (Lipinski definition) is 2. The van der Waals surface area contributed by atoms with Gasteiger partial charge in [0.1, 0.15) is 17.5 Å². The SMILES string of the molecule is Cc1nc(NCCN(C)C)cc(Nc2c(C)cccc2C(C)C)n1. The highest BCUT2D eigenvalue weighted by Crippen LogP contribution is 2.30. The number of anilines is 3. The second kappa shape index (κ2) is 8.11. The molecule has 1 aromatic carbocycles. The molecule has 2 N–H and O–H groups in total. The van der Waals surface area contributed by atoms with E-state index in [1.165, 1.54) is 11.1 Å². The zero-order valence-electron chi connectivity index (χ0n) is 15.6. The van der Waals surface area contributed by atoms with Gasteiger partial charge in [-0.2, -0.15) is 0 Å². The van der Waals surface area contributed by atoms with Crippen molar-refractivity contribution in [3.8, 4) is 0 Å². The molecule has 130 valence electrons. The Kier molecular flexibility index (Phi) is 6.15. The lowest BCUT2D eigenvalue weighted by molar-refractivity contribution is 0.425. The van der Waals surface area contributed by atoms with Gasteiger partial charge in [-0.25, -0.2) is 9.97 Å². The van der Waals surface area contributed by atoms with Crippen LogP contribution < -0.4 is 10.6 Å². The summed E-state index contributed by atoms with van der Waals surface area (Å²) in [4.78, 5) is 11.2. The van der Waals surface area contributed by atoms with Crippen LogP contribution in [0.3, 0.4) is 0 Å². The summed E-state index contributed by atoms with van der Waals surface area (Å²) in [7, 11) is 4.12. The molecule has 0 bridgehead atoms. The van der Waals surface area contributed by atoms with Crippen LogP contribution >= 0.6 is 0 Å².